The molecule has 3 N–H and O–H groups in total. The number of aromatic nitrogens is 2. The fraction of sp³-hybridized carbons (Fsp3) is 0.462. The number of amidine groups is 1. The van der Waals surface area contributed by atoms with Gasteiger partial charge < -0.3 is 10.6 Å². The van der Waals surface area contributed by atoms with E-state index in [-0.39, 0.29) is 5.41 Å². The van der Waals surface area contributed by atoms with Crippen molar-refractivity contribution in [2.75, 3.05) is 18.4 Å². The molecule has 0 bridgehead atoms. The van der Waals surface area contributed by atoms with Crippen molar-refractivity contribution in [3.05, 3.63) is 17.8 Å². The molecule has 100 valence electrons. The van der Waals surface area contributed by atoms with Crippen LogP contribution in [0.25, 0.3) is 10.3 Å². The van der Waals surface area contributed by atoms with Crippen LogP contribution in [0.15, 0.2) is 17.8 Å². The molecule has 1 aliphatic heterocycles. The van der Waals surface area contributed by atoms with Crippen LogP contribution in [-0.2, 0) is 0 Å². The average molecular weight is 275 g/mol. The van der Waals surface area contributed by atoms with Crippen molar-refractivity contribution in [1.29, 1.82) is 5.41 Å². The van der Waals surface area contributed by atoms with E-state index in [1.54, 1.807) is 11.7 Å². The van der Waals surface area contributed by atoms with Crippen LogP contribution in [0.2, 0.25) is 0 Å². The maximum atomic E-state index is 8.30. The first kappa shape index (κ1) is 12.5. The normalized spacial score (nSPS) is 18.4. The summed E-state index contributed by atoms with van der Waals surface area (Å²) in [7, 11) is 0. The number of thiazole rings is 1. The standard InChI is InChI=1S/C13H17N5S/c1-13(2-4-15-5-3-13)12(14)18-9-6-10-11(16-7-9)19-8-17-10/h6-8,15H,2-5H2,1H3,(H2,14,18). The smallest absolute Gasteiger partial charge is 0.143 e. The van der Waals surface area contributed by atoms with E-state index >= 15 is 0 Å². The van der Waals surface area contributed by atoms with Crippen molar-refractivity contribution >= 4 is 33.2 Å². The summed E-state index contributed by atoms with van der Waals surface area (Å²) in [6.45, 7) is 4.10. The minimum absolute atomic E-state index is 0.0672. The third-order valence-electron chi connectivity index (χ3n) is 3.77. The van der Waals surface area contributed by atoms with Gasteiger partial charge in [-0.05, 0) is 32.0 Å². The Morgan fingerprint density at radius 1 is 1.42 bits per heavy atom. The summed E-state index contributed by atoms with van der Waals surface area (Å²) >= 11 is 1.53. The molecule has 19 heavy (non-hydrogen) atoms. The van der Waals surface area contributed by atoms with E-state index in [9.17, 15) is 0 Å². The minimum Gasteiger partial charge on any atom is -0.342 e. The molecule has 0 saturated carbocycles. The molecular formula is C13H17N5S. The van der Waals surface area contributed by atoms with E-state index < -0.39 is 0 Å². The van der Waals surface area contributed by atoms with Gasteiger partial charge in [-0.25, -0.2) is 9.97 Å². The number of hydrogen-bond acceptors (Lipinski definition) is 5. The summed E-state index contributed by atoms with van der Waals surface area (Å²) in [6.07, 6.45) is 3.76. The van der Waals surface area contributed by atoms with Gasteiger partial charge in [0.2, 0.25) is 0 Å². The van der Waals surface area contributed by atoms with Gasteiger partial charge in [0.1, 0.15) is 16.2 Å². The maximum Gasteiger partial charge on any atom is 0.143 e. The van der Waals surface area contributed by atoms with Crippen LogP contribution in [-0.4, -0.2) is 28.9 Å². The van der Waals surface area contributed by atoms with E-state index in [1.807, 2.05) is 6.07 Å². The molecule has 0 spiro atoms. The second-order valence-corrected chi connectivity index (χ2v) is 6.04. The molecule has 3 rings (SSSR count). The van der Waals surface area contributed by atoms with Crippen molar-refractivity contribution in [2.45, 2.75) is 19.8 Å². The monoisotopic (exact) mass is 275 g/mol. The predicted molar refractivity (Wildman–Crippen MR) is 79.0 cm³/mol. The van der Waals surface area contributed by atoms with Crippen molar-refractivity contribution in [1.82, 2.24) is 15.3 Å². The van der Waals surface area contributed by atoms with Gasteiger partial charge in [0.15, 0.2) is 0 Å². The van der Waals surface area contributed by atoms with Gasteiger partial charge in [-0.15, -0.1) is 11.3 Å². The molecule has 0 aromatic carbocycles. The lowest BCUT2D eigenvalue weighted by atomic mass is 9.79. The van der Waals surface area contributed by atoms with Crippen LogP contribution in [0.4, 0.5) is 5.69 Å². The largest absolute Gasteiger partial charge is 0.342 e. The minimum atomic E-state index is -0.0672. The Labute approximate surface area is 116 Å². The lowest BCUT2D eigenvalue weighted by molar-refractivity contribution is 0.326. The lowest BCUT2D eigenvalue weighted by Crippen LogP contribution is -2.42. The van der Waals surface area contributed by atoms with Crippen LogP contribution >= 0.6 is 11.3 Å². The van der Waals surface area contributed by atoms with Crippen LogP contribution in [0.1, 0.15) is 19.8 Å². The Morgan fingerprint density at radius 3 is 3.00 bits per heavy atom. The predicted octanol–water partition coefficient (Wildman–Crippen LogP) is 2.47. The molecule has 1 fully saturated rings. The van der Waals surface area contributed by atoms with Crippen LogP contribution < -0.4 is 10.6 Å². The number of anilines is 1. The molecule has 0 radical (unpaired) electrons. The fourth-order valence-electron chi connectivity index (χ4n) is 2.35. The SMILES string of the molecule is CC1(C(=N)Nc2cnc3scnc3c2)CCNCC1. The first-order valence-corrected chi connectivity index (χ1v) is 7.31. The highest BCUT2D eigenvalue weighted by molar-refractivity contribution is 7.16. The zero-order valence-electron chi connectivity index (χ0n) is 10.9. The zero-order valence-corrected chi connectivity index (χ0v) is 11.7. The van der Waals surface area contributed by atoms with E-state index in [1.165, 1.54) is 11.3 Å². The number of pyridine rings is 1. The number of fused-ring (bicyclic) bond motifs is 1. The molecule has 2 aromatic heterocycles. The Morgan fingerprint density at radius 2 is 2.21 bits per heavy atom. The third kappa shape index (κ3) is 2.46. The molecule has 5 nitrogen and oxygen atoms in total. The molecule has 0 amide bonds. The quantitative estimate of drug-likeness (QED) is 0.581. The second-order valence-electron chi connectivity index (χ2n) is 5.21. The summed E-state index contributed by atoms with van der Waals surface area (Å²) < 4.78 is 0. The van der Waals surface area contributed by atoms with Crippen molar-refractivity contribution in [3.8, 4) is 0 Å². The Kier molecular flexibility index (Phi) is 3.20. The van der Waals surface area contributed by atoms with Gasteiger partial charge in [-0.1, -0.05) is 6.92 Å². The molecule has 0 atom stereocenters. The molecule has 0 unspecified atom stereocenters. The number of rotatable bonds is 2. The summed E-state index contributed by atoms with van der Waals surface area (Å²) in [4.78, 5) is 9.53. The third-order valence-corrected chi connectivity index (χ3v) is 4.52. The highest BCUT2D eigenvalue weighted by atomic mass is 32.1. The summed E-state index contributed by atoms with van der Waals surface area (Å²) in [5.41, 5.74) is 3.46. The van der Waals surface area contributed by atoms with Crippen LogP contribution in [0, 0.1) is 10.8 Å². The van der Waals surface area contributed by atoms with E-state index in [0.717, 1.165) is 42.0 Å². The number of hydrogen-bond donors (Lipinski definition) is 3. The fourth-order valence-corrected chi connectivity index (χ4v) is 2.96. The van der Waals surface area contributed by atoms with E-state index in [0.29, 0.717) is 5.84 Å². The van der Waals surface area contributed by atoms with Crippen molar-refractivity contribution in [2.24, 2.45) is 5.41 Å². The summed E-state index contributed by atoms with van der Waals surface area (Å²) in [5, 5.41) is 14.8. The van der Waals surface area contributed by atoms with Gasteiger partial charge in [-0.2, -0.15) is 0 Å². The number of piperidine rings is 1. The van der Waals surface area contributed by atoms with Crippen LogP contribution in [0.3, 0.4) is 0 Å². The molecule has 1 aliphatic rings. The van der Waals surface area contributed by atoms with Gasteiger partial charge in [0, 0.05) is 5.41 Å². The Balaban J connectivity index is 1.78. The summed E-state index contributed by atoms with van der Waals surface area (Å²) in [5.74, 6) is 0.574. The maximum absolute atomic E-state index is 8.30. The molecular weight excluding hydrogens is 258 g/mol. The second kappa shape index (κ2) is 4.86. The molecule has 6 heteroatoms. The van der Waals surface area contributed by atoms with E-state index in [4.69, 9.17) is 5.41 Å². The molecule has 0 aliphatic carbocycles. The topological polar surface area (TPSA) is 73.7 Å². The molecule has 3 heterocycles. The van der Waals surface area contributed by atoms with Gasteiger partial charge in [0.25, 0.3) is 0 Å². The Bertz CT molecular complexity index is 600. The van der Waals surface area contributed by atoms with Gasteiger partial charge in [-0.3, -0.25) is 5.41 Å². The van der Waals surface area contributed by atoms with Gasteiger partial charge >= 0.3 is 0 Å². The molecule has 1 saturated heterocycles. The first-order chi connectivity index (χ1) is 9.17. The molecule has 2 aromatic rings. The highest BCUT2D eigenvalue weighted by Crippen LogP contribution is 2.30. The zero-order chi connectivity index (χ0) is 13.3. The number of nitrogens with zero attached hydrogens (tertiary/aromatic N) is 2. The van der Waals surface area contributed by atoms with E-state index in [2.05, 4.69) is 27.5 Å². The highest BCUT2D eigenvalue weighted by Gasteiger charge is 2.31. The number of nitrogens with one attached hydrogen (secondary N) is 3. The Hall–Kier alpha value is -1.53. The van der Waals surface area contributed by atoms with Gasteiger partial charge in [0.05, 0.1) is 17.4 Å². The van der Waals surface area contributed by atoms with Crippen molar-refractivity contribution < 1.29 is 0 Å². The average Bonchev–Trinajstić information content (AvgIpc) is 2.87. The summed E-state index contributed by atoms with van der Waals surface area (Å²) in [6, 6.07) is 1.96. The first-order valence-electron chi connectivity index (χ1n) is 6.43. The van der Waals surface area contributed by atoms with Crippen LogP contribution in [0.5, 0.6) is 0 Å². The lowest BCUT2D eigenvalue weighted by Gasteiger charge is -2.34. The van der Waals surface area contributed by atoms with Crippen molar-refractivity contribution in [3.63, 3.8) is 0 Å².